The van der Waals surface area contributed by atoms with E-state index in [4.69, 9.17) is 0 Å². The molecule has 98 valence electrons. The van der Waals surface area contributed by atoms with E-state index < -0.39 is 24.5 Å². The van der Waals surface area contributed by atoms with Gasteiger partial charge in [0.15, 0.2) is 0 Å². The third-order valence-electron chi connectivity index (χ3n) is 2.18. The highest BCUT2D eigenvalue weighted by atomic mass is 19.4. The van der Waals surface area contributed by atoms with Crippen LogP contribution in [0.2, 0.25) is 0 Å². The van der Waals surface area contributed by atoms with Gasteiger partial charge in [-0.1, -0.05) is 18.2 Å². The Kier molecular flexibility index (Phi) is 4.30. The number of alkyl halides is 3. The first kappa shape index (κ1) is 14.0. The lowest BCUT2D eigenvalue weighted by Crippen LogP contribution is -2.43. The van der Waals surface area contributed by atoms with Crippen molar-refractivity contribution in [1.82, 2.24) is 5.32 Å². The molecule has 7 heteroatoms. The molecule has 4 nitrogen and oxygen atoms in total. The average Bonchev–Trinajstić information content (AvgIpc) is 2.34. The predicted octanol–water partition coefficient (Wildman–Crippen LogP) is 1.33. The topological polar surface area (TPSA) is 49.4 Å². The normalized spacial score (nSPS) is 10.9. The Morgan fingerprint density at radius 1 is 1.22 bits per heavy atom. The molecule has 1 aromatic rings. The van der Waals surface area contributed by atoms with Gasteiger partial charge in [0.2, 0.25) is 5.91 Å². The van der Waals surface area contributed by atoms with Crippen molar-refractivity contribution in [3.05, 3.63) is 30.3 Å². The molecule has 0 aliphatic heterocycles. The van der Waals surface area contributed by atoms with Crippen molar-refractivity contribution in [3.8, 4) is 0 Å². The summed E-state index contributed by atoms with van der Waals surface area (Å²) in [7, 11) is 1.41. The van der Waals surface area contributed by atoms with Crippen molar-refractivity contribution in [2.75, 3.05) is 18.5 Å². The van der Waals surface area contributed by atoms with Crippen LogP contribution in [0.4, 0.5) is 18.9 Å². The van der Waals surface area contributed by atoms with E-state index in [1.165, 1.54) is 12.4 Å². The summed E-state index contributed by atoms with van der Waals surface area (Å²) < 4.78 is 35.7. The van der Waals surface area contributed by atoms with Gasteiger partial charge >= 0.3 is 12.1 Å². The first-order chi connectivity index (χ1) is 8.32. The van der Waals surface area contributed by atoms with E-state index in [1.807, 2.05) is 0 Å². The third kappa shape index (κ3) is 3.76. The fourth-order valence-electron chi connectivity index (χ4n) is 1.17. The predicted molar refractivity (Wildman–Crippen MR) is 58.9 cm³/mol. The van der Waals surface area contributed by atoms with Gasteiger partial charge in [0, 0.05) is 12.7 Å². The van der Waals surface area contributed by atoms with Crippen molar-refractivity contribution < 1.29 is 22.8 Å². The van der Waals surface area contributed by atoms with E-state index in [1.54, 1.807) is 30.3 Å². The van der Waals surface area contributed by atoms with Crippen LogP contribution in [0.15, 0.2) is 30.3 Å². The lowest BCUT2D eigenvalue weighted by molar-refractivity contribution is -0.173. The summed E-state index contributed by atoms with van der Waals surface area (Å²) in [5.74, 6) is -2.77. The van der Waals surface area contributed by atoms with Crippen LogP contribution in [0.25, 0.3) is 0 Å². The fraction of sp³-hybridized carbons (Fsp3) is 0.273. The lowest BCUT2D eigenvalue weighted by atomic mass is 10.3. The molecule has 0 aliphatic rings. The van der Waals surface area contributed by atoms with E-state index in [9.17, 15) is 22.8 Å². The van der Waals surface area contributed by atoms with Crippen molar-refractivity contribution >= 4 is 17.5 Å². The van der Waals surface area contributed by atoms with Crippen LogP contribution in [0.1, 0.15) is 0 Å². The molecule has 1 rings (SSSR count). The van der Waals surface area contributed by atoms with Gasteiger partial charge < -0.3 is 10.2 Å². The maximum atomic E-state index is 11.9. The molecular formula is C11H11F3N2O2. The number of hydrogen-bond donors (Lipinski definition) is 1. The summed E-state index contributed by atoms with van der Waals surface area (Å²) in [6.07, 6.45) is -4.98. The van der Waals surface area contributed by atoms with Gasteiger partial charge in [-0.05, 0) is 12.1 Å². The number of nitrogens with zero attached hydrogens (tertiary/aromatic N) is 1. The van der Waals surface area contributed by atoms with E-state index in [0.717, 1.165) is 4.90 Å². The van der Waals surface area contributed by atoms with Crippen molar-refractivity contribution in [2.24, 2.45) is 0 Å². The van der Waals surface area contributed by atoms with E-state index in [2.05, 4.69) is 0 Å². The van der Waals surface area contributed by atoms with Gasteiger partial charge in [0.25, 0.3) is 0 Å². The largest absolute Gasteiger partial charge is 0.471 e. The summed E-state index contributed by atoms with van der Waals surface area (Å²) in [4.78, 5) is 23.2. The van der Waals surface area contributed by atoms with Crippen LogP contribution in [0.3, 0.4) is 0 Å². The van der Waals surface area contributed by atoms with Crippen LogP contribution in [0, 0.1) is 0 Å². The second kappa shape index (κ2) is 5.52. The number of amides is 2. The number of anilines is 1. The molecule has 2 amide bonds. The number of para-hydroxylation sites is 1. The molecular weight excluding hydrogens is 249 g/mol. The number of carbonyl (C=O) groups excluding carboxylic acids is 2. The van der Waals surface area contributed by atoms with E-state index in [-0.39, 0.29) is 0 Å². The molecule has 0 fully saturated rings. The second-order valence-electron chi connectivity index (χ2n) is 3.47. The molecule has 0 atom stereocenters. The Bertz CT molecular complexity index is 432. The number of likely N-dealkylation sites (N-methyl/N-ethyl adjacent to an activating group) is 1. The molecule has 1 aromatic carbocycles. The summed E-state index contributed by atoms with van der Waals surface area (Å²) in [6.45, 7) is -0.705. The van der Waals surface area contributed by atoms with Gasteiger partial charge in [-0.25, -0.2) is 0 Å². The average molecular weight is 260 g/mol. The molecule has 0 spiro atoms. The highest BCUT2D eigenvalue weighted by Crippen LogP contribution is 2.14. The summed E-state index contributed by atoms with van der Waals surface area (Å²) in [6, 6.07) is 8.38. The van der Waals surface area contributed by atoms with Crippen LogP contribution < -0.4 is 10.2 Å². The quantitative estimate of drug-likeness (QED) is 0.891. The molecule has 0 unspecified atom stereocenters. The molecule has 18 heavy (non-hydrogen) atoms. The van der Waals surface area contributed by atoms with Crippen LogP contribution in [-0.4, -0.2) is 31.6 Å². The zero-order valence-electron chi connectivity index (χ0n) is 9.49. The summed E-state index contributed by atoms with van der Waals surface area (Å²) in [5.41, 5.74) is 0.531. The van der Waals surface area contributed by atoms with E-state index >= 15 is 0 Å². The van der Waals surface area contributed by atoms with Gasteiger partial charge in [-0.15, -0.1) is 0 Å². The number of benzene rings is 1. The highest BCUT2D eigenvalue weighted by molar-refractivity contribution is 5.96. The Labute approximate surface area is 101 Å². The molecule has 0 aromatic heterocycles. The smallest absolute Gasteiger partial charge is 0.339 e. The molecule has 0 saturated heterocycles. The van der Waals surface area contributed by atoms with Crippen LogP contribution >= 0.6 is 0 Å². The van der Waals surface area contributed by atoms with Gasteiger partial charge in [-0.2, -0.15) is 13.2 Å². The number of carbonyl (C=O) groups is 2. The maximum absolute atomic E-state index is 11.9. The second-order valence-corrected chi connectivity index (χ2v) is 3.47. The van der Waals surface area contributed by atoms with Gasteiger partial charge in [0.05, 0.1) is 6.54 Å². The zero-order valence-corrected chi connectivity index (χ0v) is 9.49. The Morgan fingerprint density at radius 2 is 1.78 bits per heavy atom. The molecule has 0 heterocycles. The minimum absolute atomic E-state index is 0.531. The Hall–Kier alpha value is -2.05. The number of hydrogen-bond acceptors (Lipinski definition) is 2. The van der Waals surface area contributed by atoms with Gasteiger partial charge in [0.1, 0.15) is 0 Å². The minimum Gasteiger partial charge on any atom is -0.339 e. The zero-order chi connectivity index (χ0) is 13.8. The standard InChI is InChI=1S/C11H11F3N2O2/c1-16(8-5-3-2-4-6-8)9(17)7-15-10(18)11(12,13)14/h2-6H,7H2,1H3,(H,15,18). The maximum Gasteiger partial charge on any atom is 0.471 e. The lowest BCUT2D eigenvalue weighted by Gasteiger charge is -2.17. The molecule has 0 radical (unpaired) electrons. The summed E-state index contributed by atoms with van der Waals surface area (Å²) in [5, 5.41) is 1.52. The first-order valence-electron chi connectivity index (χ1n) is 4.99. The van der Waals surface area contributed by atoms with Crippen LogP contribution in [-0.2, 0) is 9.59 Å². The third-order valence-corrected chi connectivity index (χ3v) is 2.18. The highest BCUT2D eigenvalue weighted by Gasteiger charge is 2.38. The fourth-order valence-corrected chi connectivity index (χ4v) is 1.17. The Morgan fingerprint density at radius 3 is 2.28 bits per heavy atom. The SMILES string of the molecule is CN(C(=O)CNC(=O)C(F)(F)F)c1ccccc1. The van der Waals surface area contributed by atoms with Gasteiger partial charge in [-0.3, -0.25) is 9.59 Å². The van der Waals surface area contributed by atoms with Crippen molar-refractivity contribution in [1.29, 1.82) is 0 Å². The monoisotopic (exact) mass is 260 g/mol. The molecule has 0 bridgehead atoms. The van der Waals surface area contributed by atoms with Crippen molar-refractivity contribution in [2.45, 2.75) is 6.18 Å². The van der Waals surface area contributed by atoms with E-state index in [0.29, 0.717) is 5.69 Å². The summed E-state index contributed by atoms with van der Waals surface area (Å²) >= 11 is 0. The molecule has 0 saturated carbocycles. The molecule has 0 aliphatic carbocycles. The number of halogens is 3. The molecule has 1 N–H and O–H groups in total. The minimum atomic E-state index is -4.98. The Balaban J connectivity index is 2.54. The number of nitrogens with one attached hydrogen (secondary N) is 1. The van der Waals surface area contributed by atoms with Crippen LogP contribution in [0.5, 0.6) is 0 Å². The van der Waals surface area contributed by atoms with Crippen molar-refractivity contribution in [3.63, 3.8) is 0 Å². The first-order valence-corrected chi connectivity index (χ1v) is 4.99. The number of rotatable bonds is 3.